The summed E-state index contributed by atoms with van der Waals surface area (Å²) in [6, 6.07) is 10.7. The number of amides is 1. The Morgan fingerprint density at radius 2 is 1.81 bits per heavy atom. The van der Waals surface area contributed by atoms with Crippen LogP contribution in [0.15, 0.2) is 53.7 Å². The van der Waals surface area contributed by atoms with Gasteiger partial charge in [-0.3, -0.25) is 14.7 Å². The van der Waals surface area contributed by atoms with Crippen LogP contribution in [0.4, 0.5) is 5.69 Å². The van der Waals surface area contributed by atoms with E-state index < -0.39 is 10.0 Å². The van der Waals surface area contributed by atoms with E-state index in [2.05, 4.69) is 32.9 Å². The first kappa shape index (κ1) is 19.2. The molecule has 2 heterocycles. The van der Waals surface area contributed by atoms with Gasteiger partial charge >= 0.3 is 0 Å². The highest BCUT2D eigenvalue weighted by molar-refractivity contribution is 14.1. The Kier molecular flexibility index (Phi) is 6.22. The molecule has 1 aliphatic heterocycles. The van der Waals surface area contributed by atoms with Crippen molar-refractivity contribution in [2.45, 2.75) is 4.90 Å². The number of pyridine rings is 1. The van der Waals surface area contributed by atoms with E-state index in [1.807, 2.05) is 29.2 Å². The van der Waals surface area contributed by atoms with Gasteiger partial charge in [0.15, 0.2) is 0 Å². The summed E-state index contributed by atoms with van der Waals surface area (Å²) in [5.74, 6) is -0.102. The average molecular weight is 486 g/mol. The molecule has 1 fully saturated rings. The van der Waals surface area contributed by atoms with Gasteiger partial charge in [0.25, 0.3) is 0 Å². The summed E-state index contributed by atoms with van der Waals surface area (Å²) in [6.07, 6.45) is 2.90. The molecule has 9 heteroatoms. The van der Waals surface area contributed by atoms with Crippen molar-refractivity contribution in [2.75, 3.05) is 38.0 Å². The van der Waals surface area contributed by atoms with Crippen molar-refractivity contribution in [2.24, 2.45) is 0 Å². The monoisotopic (exact) mass is 486 g/mol. The lowest BCUT2D eigenvalue weighted by atomic mass is 10.3. The molecule has 1 aromatic heterocycles. The van der Waals surface area contributed by atoms with Crippen LogP contribution in [0.3, 0.4) is 0 Å². The van der Waals surface area contributed by atoms with Crippen molar-refractivity contribution in [1.29, 1.82) is 0 Å². The molecule has 2 aromatic rings. The standard InChI is InChI=1S/C17H19IN4O3S/c18-14-3-5-15(6-4-14)20-17(23)13-21-8-10-22(11-9-21)26(24,25)16-2-1-7-19-12-16/h1-7,12H,8-11,13H2,(H,20,23). The summed E-state index contributed by atoms with van der Waals surface area (Å²) in [7, 11) is -3.52. The third kappa shape index (κ3) is 4.78. The van der Waals surface area contributed by atoms with Gasteiger partial charge in [-0.15, -0.1) is 0 Å². The fraction of sp³-hybridized carbons (Fsp3) is 0.294. The zero-order chi connectivity index (χ0) is 18.6. The smallest absolute Gasteiger partial charge is 0.244 e. The zero-order valence-corrected chi connectivity index (χ0v) is 17.0. The van der Waals surface area contributed by atoms with E-state index in [0.29, 0.717) is 26.2 Å². The predicted molar refractivity (Wildman–Crippen MR) is 107 cm³/mol. The number of nitrogens with zero attached hydrogens (tertiary/aromatic N) is 3. The largest absolute Gasteiger partial charge is 0.325 e. The molecule has 0 atom stereocenters. The number of carbonyl (C=O) groups is 1. The SMILES string of the molecule is O=C(CN1CCN(S(=O)(=O)c2cccnc2)CC1)Nc1ccc(I)cc1. The molecule has 138 valence electrons. The van der Waals surface area contributed by atoms with E-state index in [0.717, 1.165) is 9.26 Å². The Labute approximate surface area is 166 Å². The molecule has 1 N–H and O–H groups in total. The molecule has 1 aliphatic rings. The second-order valence-corrected chi connectivity index (χ2v) is 9.11. The number of hydrogen-bond donors (Lipinski definition) is 1. The molecule has 7 nitrogen and oxygen atoms in total. The van der Waals surface area contributed by atoms with Crippen molar-refractivity contribution in [3.63, 3.8) is 0 Å². The lowest BCUT2D eigenvalue weighted by Gasteiger charge is -2.33. The van der Waals surface area contributed by atoms with Gasteiger partial charge in [0.1, 0.15) is 4.90 Å². The highest BCUT2D eigenvalue weighted by Gasteiger charge is 2.29. The fourth-order valence-electron chi connectivity index (χ4n) is 2.71. The van der Waals surface area contributed by atoms with Crippen LogP contribution in [0.5, 0.6) is 0 Å². The predicted octanol–water partition coefficient (Wildman–Crippen LogP) is 1.63. The van der Waals surface area contributed by atoms with Gasteiger partial charge in [0.2, 0.25) is 15.9 Å². The average Bonchev–Trinajstić information content (AvgIpc) is 2.65. The maximum atomic E-state index is 12.6. The van der Waals surface area contributed by atoms with Crippen molar-refractivity contribution < 1.29 is 13.2 Å². The highest BCUT2D eigenvalue weighted by atomic mass is 127. The van der Waals surface area contributed by atoms with Gasteiger partial charge < -0.3 is 5.32 Å². The molecule has 0 unspecified atom stereocenters. The lowest BCUT2D eigenvalue weighted by Crippen LogP contribution is -2.50. The van der Waals surface area contributed by atoms with E-state index in [1.165, 1.54) is 10.5 Å². The van der Waals surface area contributed by atoms with Crippen LogP contribution in [-0.2, 0) is 14.8 Å². The quantitative estimate of drug-likeness (QED) is 0.650. The molecule has 3 rings (SSSR count). The first-order valence-corrected chi connectivity index (χ1v) is 10.6. The Morgan fingerprint density at radius 3 is 2.42 bits per heavy atom. The summed E-state index contributed by atoms with van der Waals surface area (Å²) >= 11 is 2.21. The van der Waals surface area contributed by atoms with E-state index in [4.69, 9.17) is 0 Å². The Bertz CT molecular complexity index is 851. The summed E-state index contributed by atoms with van der Waals surface area (Å²) in [4.78, 5) is 18.2. The molecular weight excluding hydrogens is 467 g/mol. The van der Waals surface area contributed by atoms with Gasteiger partial charge in [-0.2, -0.15) is 4.31 Å². The second kappa shape index (κ2) is 8.42. The Morgan fingerprint density at radius 1 is 1.12 bits per heavy atom. The second-order valence-electron chi connectivity index (χ2n) is 5.92. The van der Waals surface area contributed by atoms with E-state index in [1.54, 1.807) is 18.3 Å². The Hall–Kier alpha value is -1.56. The first-order chi connectivity index (χ1) is 12.4. The molecule has 0 spiro atoms. The van der Waals surface area contributed by atoms with Crippen LogP contribution in [-0.4, -0.2) is 61.2 Å². The topological polar surface area (TPSA) is 82.6 Å². The normalized spacial score (nSPS) is 16.3. The number of piperazine rings is 1. The van der Waals surface area contributed by atoms with Crippen molar-refractivity contribution in [3.8, 4) is 0 Å². The van der Waals surface area contributed by atoms with E-state index in [-0.39, 0.29) is 17.3 Å². The van der Waals surface area contributed by atoms with Crippen LogP contribution in [0, 0.1) is 3.57 Å². The van der Waals surface area contributed by atoms with Crippen molar-refractivity contribution >= 4 is 44.2 Å². The maximum Gasteiger partial charge on any atom is 0.244 e. The number of nitrogens with one attached hydrogen (secondary N) is 1. The minimum atomic E-state index is -3.52. The third-order valence-corrected chi connectivity index (χ3v) is 6.70. The van der Waals surface area contributed by atoms with Crippen LogP contribution in [0.25, 0.3) is 0 Å². The summed E-state index contributed by atoms with van der Waals surface area (Å²) in [5.41, 5.74) is 0.758. The highest BCUT2D eigenvalue weighted by Crippen LogP contribution is 2.16. The van der Waals surface area contributed by atoms with Crippen LogP contribution in [0.2, 0.25) is 0 Å². The molecule has 0 aliphatic carbocycles. The number of halogens is 1. The summed E-state index contributed by atoms with van der Waals surface area (Å²) < 4.78 is 27.7. The van der Waals surface area contributed by atoms with Gasteiger partial charge in [0.05, 0.1) is 6.54 Å². The van der Waals surface area contributed by atoms with Crippen LogP contribution in [0.1, 0.15) is 0 Å². The third-order valence-electron chi connectivity index (χ3n) is 4.10. The first-order valence-electron chi connectivity index (χ1n) is 8.13. The minimum Gasteiger partial charge on any atom is -0.325 e. The van der Waals surface area contributed by atoms with Gasteiger partial charge in [-0.1, -0.05) is 0 Å². The molecule has 1 aromatic carbocycles. The summed E-state index contributed by atoms with van der Waals surface area (Å²) in [6.45, 7) is 1.98. The number of sulfonamides is 1. The Balaban J connectivity index is 1.52. The van der Waals surface area contributed by atoms with Crippen LogP contribution < -0.4 is 5.32 Å². The number of hydrogen-bond acceptors (Lipinski definition) is 5. The maximum absolute atomic E-state index is 12.6. The minimum absolute atomic E-state index is 0.102. The number of rotatable bonds is 5. The molecule has 0 bridgehead atoms. The molecule has 1 amide bonds. The van der Waals surface area contributed by atoms with Crippen molar-refractivity contribution in [1.82, 2.24) is 14.2 Å². The number of aromatic nitrogens is 1. The number of benzene rings is 1. The fourth-order valence-corrected chi connectivity index (χ4v) is 4.46. The molecule has 0 radical (unpaired) electrons. The van der Waals surface area contributed by atoms with E-state index in [9.17, 15) is 13.2 Å². The summed E-state index contributed by atoms with van der Waals surface area (Å²) in [5, 5.41) is 2.86. The molecule has 0 saturated carbocycles. The molecule has 26 heavy (non-hydrogen) atoms. The number of anilines is 1. The van der Waals surface area contributed by atoms with Crippen LogP contribution >= 0.6 is 22.6 Å². The number of carbonyl (C=O) groups excluding carboxylic acids is 1. The zero-order valence-electron chi connectivity index (χ0n) is 14.0. The van der Waals surface area contributed by atoms with Crippen molar-refractivity contribution in [3.05, 3.63) is 52.4 Å². The van der Waals surface area contributed by atoms with Gasteiger partial charge in [-0.05, 0) is 59.0 Å². The molecular formula is C17H19IN4O3S. The van der Waals surface area contributed by atoms with Gasteiger partial charge in [0, 0.05) is 47.8 Å². The van der Waals surface area contributed by atoms with Gasteiger partial charge in [-0.25, -0.2) is 8.42 Å². The van der Waals surface area contributed by atoms with E-state index >= 15 is 0 Å². The molecule has 1 saturated heterocycles. The lowest BCUT2D eigenvalue weighted by molar-refractivity contribution is -0.117.